The molecule has 0 bridgehead atoms. The van der Waals surface area contributed by atoms with Gasteiger partial charge in [0.25, 0.3) is 5.91 Å². The lowest BCUT2D eigenvalue weighted by molar-refractivity contribution is 0.0946. The van der Waals surface area contributed by atoms with E-state index in [0.717, 1.165) is 19.0 Å². The van der Waals surface area contributed by atoms with Gasteiger partial charge >= 0.3 is 0 Å². The lowest BCUT2D eigenvalue weighted by atomic mass is 10.1. The first kappa shape index (κ1) is 15.1. The van der Waals surface area contributed by atoms with Crippen molar-refractivity contribution >= 4 is 5.91 Å². The molecule has 22 heavy (non-hydrogen) atoms. The Hall–Kier alpha value is -1.86. The number of rotatable bonds is 4. The first-order valence-corrected chi connectivity index (χ1v) is 8.29. The number of likely N-dealkylation sites (tertiary alicyclic amines) is 1. The van der Waals surface area contributed by atoms with Gasteiger partial charge in [-0.25, -0.2) is 0 Å². The third-order valence-electron chi connectivity index (χ3n) is 5.00. The van der Waals surface area contributed by atoms with Gasteiger partial charge in [-0.2, -0.15) is 5.26 Å². The molecule has 1 saturated carbocycles. The molecule has 0 aromatic heterocycles. The molecule has 1 saturated heterocycles. The fourth-order valence-corrected chi connectivity index (χ4v) is 3.74. The third-order valence-corrected chi connectivity index (χ3v) is 5.00. The molecule has 0 spiro atoms. The van der Waals surface area contributed by atoms with Gasteiger partial charge in [0.2, 0.25) is 0 Å². The van der Waals surface area contributed by atoms with E-state index in [1.807, 2.05) is 0 Å². The smallest absolute Gasteiger partial charge is 0.252 e. The second kappa shape index (κ2) is 6.93. The number of carbonyl (C=O) groups is 1. The Morgan fingerprint density at radius 2 is 2.05 bits per heavy atom. The maximum absolute atomic E-state index is 12.2. The van der Waals surface area contributed by atoms with E-state index in [-0.39, 0.29) is 5.91 Å². The molecule has 0 radical (unpaired) electrons. The highest BCUT2D eigenvalue weighted by molar-refractivity contribution is 5.96. The zero-order valence-corrected chi connectivity index (χ0v) is 12.9. The van der Waals surface area contributed by atoms with Crippen molar-refractivity contribution in [1.29, 1.82) is 5.26 Å². The van der Waals surface area contributed by atoms with Crippen LogP contribution in [0.2, 0.25) is 0 Å². The largest absolute Gasteiger partial charge is 0.352 e. The summed E-state index contributed by atoms with van der Waals surface area (Å²) >= 11 is 0. The Bertz CT molecular complexity index is 572. The van der Waals surface area contributed by atoms with Gasteiger partial charge in [-0.15, -0.1) is 0 Å². The SMILES string of the molecule is N#Cc1ccccc1C(=O)NC[C@H]1CCN(C2CCCC2)C1. The summed E-state index contributed by atoms with van der Waals surface area (Å²) in [5.41, 5.74) is 0.926. The molecule has 4 heteroatoms. The Balaban J connectivity index is 1.50. The number of amides is 1. The average Bonchev–Trinajstić information content (AvgIpc) is 3.23. The van der Waals surface area contributed by atoms with Crippen LogP contribution in [0.1, 0.15) is 48.0 Å². The van der Waals surface area contributed by atoms with Crippen LogP contribution >= 0.6 is 0 Å². The van der Waals surface area contributed by atoms with Gasteiger partial charge in [-0.05, 0) is 43.9 Å². The summed E-state index contributed by atoms with van der Waals surface area (Å²) in [6, 6.07) is 9.84. The van der Waals surface area contributed by atoms with E-state index in [4.69, 9.17) is 5.26 Å². The van der Waals surface area contributed by atoms with Crippen molar-refractivity contribution < 1.29 is 4.79 Å². The second-order valence-corrected chi connectivity index (χ2v) is 6.46. The Morgan fingerprint density at radius 3 is 2.82 bits per heavy atom. The van der Waals surface area contributed by atoms with Crippen LogP contribution in [0.25, 0.3) is 0 Å². The van der Waals surface area contributed by atoms with Crippen LogP contribution in [-0.4, -0.2) is 36.5 Å². The van der Waals surface area contributed by atoms with E-state index >= 15 is 0 Å². The number of benzene rings is 1. The van der Waals surface area contributed by atoms with Crippen molar-refractivity contribution in [2.75, 3.05) is 19.6 Å². The summed E-state index contributed by atoms with van der Waals surface area (Å²) in [7, 11) is 0. The molecule has 0 unspecified atom stereocenters. The quantitative estimate of drug-likeness (QED) is 0.929. The molecule has 1 aliphatic carbocycles. The molecule has 1 aromatic carbocycles. The molecule has 1 aromatic rings. The summed E-state index contributed by atoms with van der Waals surface area (Å²) in [5, 5.41) is 12.1. The summed E-state index contributed by atoms with van der Waals surface area (Å²) in [4.78, 5) is 14.8. The van der Waals surface area contributed by atoms with Crippen molar-refractivity contribution in [3.63, 3.8) is 0 Å². The van der Waals surface area contributed by atoms with Gasteiger partial charge < -0.3 is 10.2 Å². The summed E-state index contributed by atoms with van der Waals surface area (Å²) in [5.74, 6) is 0.412. The molecule has 116 valence electrons. The van der Waals surface area contributed by atoms with E-state index in [1.54, 1.807) is 24.3 Å². The van der Waals surface area contributed by atoms with Crippen molar-refractivity contribution in [1.82, 2.24) is 10.2 Å². The van der Waals surface area contributed by atoms with Crippen LogP contribution in [0.5, 0.6) is 0 Å². The van der Waals surface area contributed by atoms with Crippen LogP contribution in [-0.2, 0) is 0 Å². The van der Waals surface area contributed by atoms with Gasteiger partial charge in [-0.1, -0.05) is 25.0 Å². The maximum Gasteiger partial charge on any atom is 0.252 e. The Morgan fingerprint density at radius 1 is 1.27 bits per heavy atom. The second-order valence-electron chi connectivity index (χ2n) is 6.46. The van der Waals surface area contributed by atoms with E-state index in [1.165, 1.54) is 32.2 Å². The van der Waals surface area contributed by atoms with E-state index < -0.39 is 0 Å². The monoisotopic (exact) mass is 297 g/mol. The van der Waals surface area contributed by atoms with Crippen molar-refractivity contribution in [3.05, 3.63) is 35.4 Å². The molecule has 3 rings (SSSR count). The molecule has 1 aliphatic heterocycles. The molecule has 1 atom stereocenters. The lowest BCUT2D eigenvalue weighted by Gasteiger charge is -2.23. The van der Waals surface area contributed by atoms with Crippen molar-refractivity contribution in [2.45, 2.75) is 38.1 Å². The Kier molecular flexibility index (Phi) is 4.74. The van der Waals surface area contributed by atoms with E-state index in [2.05, 4.69) is 16.3 Å². The van der Waals surface area contributed by atoms with Gasteiger partial charge in [0, 0.05) is 19.1 Å². The molecule has 1 N–H and O–H groups in total. The van der Waals surface area contributed by atoms with Gasteiger partial charge in [0.1, 0.15) is 0 Å². The Labute approximate surface area is 132 Å². The summed E-state index contributed by atoms with van der Waals surface area (Å²) in [6.07, 6.45) is 6.58. The zero-order valence-electron chi connectivity index (χ0n) is 12.9. The standard InChI is InChI=1S/C18H23N3O/c19-11-15-5-1-4-8-17(15)18(22)20-12-14-9-10-21(13-14)16-6-2-3-7-16/h1,4-5,8,14,16H,2-3,6-7,9-10,12-13H2,(H,20,22)/t14-/m1/s1. The first-order valence-electron chi connectivity index (χ1n) is 8.29. The normalized spacial score (nSPS) is 22.6. The van der Waals surface area contributed by atoms with Crippen LogP contribution in [0.15, 0.2) is 24.3 Å². The minimum atomic E-state index is -0.128. The minimum absolute atomic E-state index is 0.128. The predicted molar refractivity (Wildman–Crippen MR) is 85.4 cm³/mol. The number of nitrogens with zero attached hydrogens (tertiary/aromatic N) is 2. The van der Waals surface area contributed by atoms with Crippen molar-refractivity contribution in [3.8, 4) is 6.07 Å². The van der Waals surface area contributed by atoms with Crippen molar-refractivity contribution in [2.24, 2.45) is 5.92 Å². The molecule has 2 fully saturated rings. The zero-order chi connectivity index (χ0) is 15.4. The highest BCUT2D eigenvalue weighted by Crippen LogP contribution is 2.28. The average molecular weight is 297 g/mol. The maximum atomic E-state index is 12.2. The molecule has 1 amide bonds. The topological polar surface area (TPSA) is 56.1 Å². The lowest BCUT2D eigenvalue weighted by Crippen LogP contribution is -2.34. The molecule has 2 aliphatic rings. The van der Waals surface area contributed by atoms with Gasteiger partial charge in [-0.3, -0.25) is 4.79 Å². The number of hydrogen-bond donors (Lipinski definition) is 1. The highest BCUT2D eigenvalue weighted by Gasteiger charge is 2.30. The number of nitriles is 1. The summed E-state index contributed by atoms with van der Waals surface area (Å²) in [6.45, 7) is 2.98. The number of carbonyl (C=O) groups excluding carboxylic acids is 1. The molecular formula is C18H23N3O. The highest BCUT2D eigenvalue weighted by atomic mass is 16.1. The summed E-state index contributed by atoms with van der Waals surface area (Å²) < 4.78 is 0. The van der Waals surface area contributed by atoms with Gasteiger partial charge in [0.05, 0.1) is 17.2 Å². The van der Waals surface area contributed by atoms with E-state index in [0.29, 0.717) is 23.6 Å². The fourth-order valence-electron chi connectivity index (χ4n) is 3.74. The fraction of sp³-hybridized carbons (Fsp3) is 0.556. The first-order chi connectivity index (χ1) is 10.8. The number of nitrogens with one attached hydrogen (secondary N) is 1. The van der Waals surface area contributed by atoms with Crippen LogP contribution in [0.4, 0.5) is 0 Å². The van der Waals surface area contributed by atoms with E-state index in [9.17, 15) is 4.79 Å². The third kappa shape index (κ3) is 3.31. The molecule has 4 nitrogen and oxygen atoms in total. The van der Waals surface area contributed by atoms with Crippen LogP contribution in [0, 0.1) is 17.2 Å². The molecule has 1 heterocycles. The minimum Gasteiger partial charge on any atom is -0.352 e. The number of hydrogen-bond acceptors (Lipinski definition) is 3. The van der Waals surface area contributed by atoms with Crippen LogP contribution < -0.4 is 5.32 Å². The molecular weight excluding hydrogens is 274 g/mol. The van der Waals surface area contributed by atoms with Crippen LogP contribution in [0.3, 0.4) is 0 Å². The predicted octanol–water partition coefficient (Wildman–Crippen LogP) is 2.55. The van der Waals surface area contributed by atoms with Gasteiger partial charge in [0.15, 0.2) is 0 Å².